The Morgan fingerprint density at radius 3 is 2.50 bits per heavy atom. The SMILES string of the molecule is C=C(N)C(=O)OC1(CC(=O)Oc2c3c4oc2c(C(=O)OC)c4C(=O)O3)CCCCC1. The highest BCUT2D eigenvalue weighted by atomic mass is 16.6. The van der Waals surface area contributed by atoms with Gasteiger partial charge in [-0.1, -0.05) is 13.0 Å². The molecule has 1 aliphatic heterocycles. The van der Waals surface area contributed by atoms with Gasteiger partial charge >= 0.3 is 23.9 Å². The van der Waals surface area contributed by atoms with Crippen molar-refractivity contribution in [1.82, 2.24) is 0 Å². The van der Waals surface area contributed by atoms with E-state index in [1.54, 1.807) is 0 Å². The third kappa shape index (κ3) is 3.04. The number of ether oxygens (including phenoxy) is 4. The highest BCUT2D eigenvalue weighted by Gasteiger charge is 2.45. The number of furan rings is 2. The van der Waals surface area contributed by atoms with Crippen molar-refractivity contribution in [2.24, 2.45) is 5.73 Å². The fourth-order valence-electron chi connectivity index (χ4n) is 3.96. The lowest BCUT2D eigenvalue weighted by atomic mass is 9.82. The van der Waals surface area contributed by atoms with Gasteiger partial charge in [0.1, 0.15) is 22.4 Å². The van der Waals surface area contributed by atoms with Crippen LogP contribution in [0.4, 0.5) is 0 Å². The first kappa shape index (κ1) is 19.7. The van der Waals surface area contributed by atoms with Crippen molar-refractivity contribution >= 4 is 35.0 Å². The van der Waals surface area contributed by atoms with Crippen molar-refractivity contribution in [3.63, 3.8) is 0 Å². The number of esters is 4. The van der Waals surface area contributed by atoms with E-state index in [2.05, 4.69) is 11.3 Å². The summed E-state index contributed by atoms with van der Waals surface area (Å²) in [5.74, 6) is -3.37. The summed E-state index contributed by atoms with van der Waals surface area (Å²) in [5, 5.41) is 0. The monoisotopic (exact) mass is 417 g/mol. The lowest BCUT2D eigenvalue weighted by Crippen LogP contribution is -2.41. The first-order valence-electron chi connectivity index (χ1n) is 9.37. The summed E-state index contributed by atoms with van der Waals surface area (Å²) in [4.78, 5) is 48.9. The third-order valence-corrected chi connectivity index (χ3v) is 5.33. The Balaban J connectivity index is 1.59. The number of hydrogen-bond acceptors (Lipinski definition) is 10. The van der Waals surface area contributed by atoms with Gasteiger partial charge in [-0.15, -0.1) is 0 Å². The molecule has 0 radical (unpaired) electrons. The second-order valence-electron chi connectivity index (χ2n) is 7.36. The normalized spacial score (nSPS) is 16.9. The van der Waals surface area contributed by atoms with E-state index in [0.29, 0.717) is 12.8 Å². The molecule has 3 heterocycles. The average molecular weight is 417 g/mol. The minimum absolute atomic E-state index is 0.0245. The molecule has 1 aliphatic carbocycles. The number of benzene rings is 1. The van der Waals surface area contributed by atoms with Crippen molar-refractivity contribution in [2.75, 3.05) is 7.11 Å². The first-order chi connectivity index (χ1) is 14.3. The number of hydrogen-bond donors (Lipinski definition) is 1. The lowest BCUT2D eigenvalue weighted by molar-refractivity contribution is -0.164. The number of fused-ring (bicyclic) bond motifs is 1. The molecule has 2 bridgehead atoms. The van der Waals surface area contributed by atoms with Gasteiger partial charge in [0, 0.05) is 0 Å². The summed E-state index contributed by atoms with van der Waals surface area (Å²) in [5.41, 5.74) is 3.80. The first-order valence-corrected chi connectivity index (χ1v) is 9.37. The van der Waals surface area contributed by atoms with E-state index in [0.717, 1.165) is 26.4 Å². The van der Waals surface area contributed by atoms with Gasteiger partial charge in [0.05, 0.1) is 13.5 Å². The van der Waals surface area contributed by atoms with Crippen molar-refractivity contribution in [3.8, 4) is 11.5 Å². The molecule has 10 heteroatoms. The Bertz CT molecular complexity index is 1070. The zero-order valence-electron chi connectivity index (χ0n) is 16.2. The summed E-state index contributed by atoms with van der Waals surface area (Å²) in [6.07, 6.45) is 3.15. The molecule has 10 nitrogen and oxygen atoms in total. The quantitative estimate of drug-likeness (QED) is 0.422. The summed E-state index contributed by atoms with van der Waals surface area (Å²) in [7, 11) is 1.15. The molecule has 0 atom stereocenters. The van der Waals surface area contributed by atoms with Gasteiger partial charge in [-0.3, -0.25) is 4.79 Å². The Hall–Kier alpha value is -3.56. The summed E-state index contributed by atoms with van der Waals surface area (Å²) in [6.45, 7) is 3.37. The van der Waals surface area contributed by atoms with Crippen LogP contribution in [0.25, 0.3) is 11.2 Å². The molecule has 30 heavy (non-hydrogen) atoms. The van der Waals surface area contributed by atoms with Crippen LogP contribution >= 0.6 is 0 Å². The van der Waals surface area contributed by atoms with Gasteiger partial charge in [0.2, 0.25) is 11.5 Å². The van der Waals surface area contributed by atoms with Crippen LogP contribution in [0.2, 0.25) is 0 Å². The Labute approximate surface area is 170 Å². The highest BCUT2D eigenvalue weighted by Crippen LogP contribution is 2.52. The van der Waals surface area contributed by atoms with E-state index in [1.165, 1.54) is 0 Å². The fourth-order valence-corrected chi connectivity index (χ4v) is 3.96. The summed E-state index contributed by atoms with van der Waals surface area (Å²) < 4.78 is 26.1. The van der Waals surface area contributed by atoms with E-state index in [1.807, 2.05) is 0 Å². The maximum atomic E-state index is 12.8. The summed E-state index contributed by atoms with van der Waals surface area (Å²) >= 11 is 0. The minimum atomic E-state index is -1.07. The molecule has 1 fully saturated rings. The molecule has 1 saturated carbocycles. The van der Waals surface area contributed by atoms with E-state index < -0.39 is 29.5 Å². The van der Waals surface area contributed by atoms with Crippen LogP contribution in [-0.4, -0.2) is 36.6 Å². The van der Waals surface area contributed by atoms with Crippen LogP contribution in [0, 0.1) is 0 Å². The molecule has 0 spiro atoms. The van der Waals surface area contributed by atoms with Gasteiger partial charge in [-0.2, -0.15) is 0 Å². The smallest absolute Gasteiger partial charge is 0.354 e. The van der Waals surface area contributed by atoms with Gasteiger partial charge in [0.15, 0.2) is 11.2 Å². The molecule has 4 rings (SSSR count). The van der Waals surface area contributed by atoms with Crippen molar-refractivity contribution in [1.29, 1.82) is 0 Å². The molecule has 2 aliphatic rings. The Kier molecular flexibility index (Phi) is 4.64. The van der Waals surface area contributed by atoms with Crippen LogP contribution in [0.15, 0.2) is 16.7 Å². The van der Waals surface area contributed by atoms with Crippen LogP contribution in [0.3, 0.4) is 0 Å². The molecule has 158 valence electrons. The number of carbonyl (C=O) groups excluding carboxylic acids is 4. The zero-order chi connectivity index (χ0) is 21.6. The van der Waals surface area contributed by atoms with Gasteiger partial charge in [-0.25, -0.2) is 14.4 Å². The fraction of sp³-hybridized carbons (Fsp3) is 0.400. The largest absolute Gasteiger partial charge is 0.465 e. The topological polar surface area (TPSA) is 144 Å². The van der Waals surface area contributed by atoms with E-state index in [-0.39, 0.29) is 45.9 Å². The highest BCUT2D eigenvalue weighted by molar-refractivity contribution is 6.20. The molecular weight excluding hydrogens is 398 g/mol. The number of nitrogens with two attached hydrogens (primary N) is 1. The maximum absolute atomic E-state index is 12.8. The van der Waals surface area contributed by atoms with E-state index in [9.17, 15) is 19.2 Å². The van der Waals surface area contributed by atoms with E-state index in [4.69, 9.17) is 24.4 Å². The van der Waals surface area contributed by atoms with E-state index >= 15 is 0 Å². The molecule has 2 N–H and O–H groups in total. The number of carbonyl (C=O) groups is 4. The van der Waals surface area contributed by atoms with Crippen LogP contribution in [-0.2, 0) is 19.1 Å². The summed E-state index contributed by atoms with van der Waals surface area (Å²) in [6, 6.07) is 0. The lowest BCUT2D eigenvalue weighted by Gasteiger charge is -2.35. The number of rotatable bonds is 6. The Morgan fingerprint density at radius 1 is 1.17 bits per heavy atom. The standard InChI is InChI=1S/C20H19NO9/c1-9(21)17(23)30-20(6-4-3-5-7-20)8-10(22)27-15-13-11(18(24)26-2)12-14(28-13)16(15)29-19(12)25/h1,3-8,21H2,2H3. The molecule has 0 amide bonds. The Morgan fingerprint density at radius 2 is 1.87 bits per heavy atom. The maximum Gasteiger partial charge on any atom is 0.354 e. The van der Waals surface area contributed by atoms with Gasteiger partial charge in [0.25, 0.3) is 0 Å². The molecule has 0 aromatic carbocycles. The van der Waals surface area contributed by atoms with Gasteiger partial charge < -0.3 is 29.1 Å². The molecular formula is C20H19NO9. The molecule has 0 saturated heterocycles. The van der Waals surface area contributed by atoms with Crippen molar-refractivity contribution in [2.45, 2.75) is 44.1 Å². The molecule has 2 aromatic rings. The number of methoxy groups -OCH3 is 1. The predicted octanol–water partition coefficient (Wildman–Crippen LogP) is 2.20. The third-order valence-electron chi connectivity index (χ3n) is 5.33. The second-order valence-corrected chi connectivity index (χ2v) is 7.36. The molecule has 2 aromatic heterocycles. The van der Waals surface area contributed by atoms with Crippen molar-refractivity contribution in [3.05, 3.63) is 23.4 Å². The predicted molar refractivity (Wildman–Crippen MR) is 99.2 cm³/mol. The second kappa shape index (κ2) is 7.05. The van der Waals surface area contributed by atoms with Crippen LogP contribution in [0.1, 0.15) is 59.2 Å². The van der Waals surface area contributed by atoms with Gasteiger partial charge in [-0.05, 0) is 25.7 Å². The average Bonchev–Trinajstić information content (AvgIpc) is 3.31. The van der Waals surface area contributed by atoms with Crippen molar-refractivity contribution < 1.29 is 42.5 Å². The zero-order valence-corrected chi connectivity index (χ0v) is 16.2. The van der Waals surface area contributed by atoms with Crippen LogP contribution in [0.5, 0.6) is 11.5 Å². The molecule has 0 unspecified atom stereocenters. The van der Waals surface area contributed by atoms with Crippen LogP contribution < -0.4 is 15.2 Å². The minimum Gasteiger partial charge on any atom is -0.465 e.